The number of ether oxygens (including phenoxy) is 2. The average Bonchev–Trinajstić information content (AvgIpc) is 2.77. The second-order valence-corrected chi connectivity index (χ2v) is 6.75. The van der Waals surface area contributed by atoms with Gasteiger partial charge in [-0.25, -0.2) is 9.78 Å². The Morgan fingerprint density at radius 1 is 1.03 bits per heavy atom. The number of anilines is 1. The van der Waals surface area contributed by atoms with Gasteiger partial charge in [-0.15, -0.1) is 0 Å². The van der Waals surface area contributed by atoms with Crippen molar-refractivity contribution in [3.05, 3.63) is 80.6 Å². The molecule has 1 heterocycles. The smallest absolute Gasteiger partial charge is 0.374 e. The maximum Gasteiger partial charge on any atom is 0.374 e. The van der Waals surface area contributed by atoms with Crippen LogP contribution in [0.3, 0.4) is 0 Å². The van der Waals surface area contributed by atoms with Crippen LogP contribution in [0.5, 0.6) is 11.6 Å². The highest BCUT2D eigenvalue weighted by atomic mass is 79.9. The molecule has 0 aliphatic carbocycles. The van der Waals surface area contributed by atoms with Gasteiger partial charge in [0.25, 0.3) is 5.91 Å². The molecule has 3 rings (SSSR count). The molecule has 0 unspecified atom stereocenters. The molecule has 12 heteroatoms. The number of nitro groups is 1. The summed E-state index contributed by atoms with van der Waals surface area (Å²) in [5.74, 6) is -1.49. The number of nitrogens with zero attached hydrogens (tertiary/aromatic N) is 3. The van der Waals surface area contributed by atoms with Gasteiger partial charge in [0.05, 0.1) is 17.6 Å². The zero-order chi connectivity index (χ0) is 22.4. The van der Waals surface area contributed by atoms with Gasteiger partial charge in [0.1, 0.15) is 12.1 Å². The van der Waals surface area contributed by atoms with Crippen LogP contribution in [0.4, 0.5) is 11.5 Å². The lowest BCUT2D eigenvalue weighted by Crippen LogP contribution is -2.30. The monoisotopic (exact) mass is 487 g/mol. The van der Waals surface area contributed by atoms with Crippen molar-refractivity contribution in [2.45, 2.75) is 0 Å². The standard InChI is InChI=1S/C19H14BrN5O6/c1-30-19(27)12-4-8-14(9-5-12)31-18-15(25(28)29)16(21-10-22-18)23-24-17(26)11-2-6-13(20)7-3-11/h2-10H,1H3,(H,24,26)(H,21,22,23). The Hall–Kier alpha value is -4.06. The van der Waals surface area contributed by atoms with Gasteiger partial charge < -0.3 is 9.47 Å². The summed E-state index contributed by atoms with van der Waals surface area (Å²) in [4.78, 5) is 42.2. The number of rotatable bonds is 7. The van der Waals surface area contributed by atoms with Crippen molar-refractivity contribution in [1.82, 2.24) is 15.4 Å². The lowest BCUT2D eigenvalue weighted by atomic mass is 10.2. The number of nitrogens with one attached hydrogen (secondary N) is 2. The van der Waals surface area contributed by atoms with E-state index in [0.29, 0.717) is 5.56 Å². The van der Waals surface area contributed by atoms with Crippen LogP contribution in [0.15, 0.2) is 59.3 Å². The van der Waals surface area contributed by atoms with E-state index >= 15 is 0 Å². The van der Waals surface area contributed by atoms with Crippen LogP contribution in [0.1, 0.15) is 20.7 Å². The number of carbonyl (C=O) groups excluding carboxylic acids is 2. The summed E-state index contributed by atoms with van der Waals surface area (Å²) in [6.07, 6.45) is 1.04. The molecule has 2 N–H and O–H groups in total. The van der Waals surface area contributed by atoms with E-state index in [2.05, 4.69) is 41.5 Å². The van der Waals surface area contributed by atoms with Crippen LogP contribution >= 0.6 is 15.9 Å². The molecule has 1 aromatic heterocycles. The normalized spacial score (nSPS) is 10.1. The van der Waals surface area contributed by atoms with E-state index in [9.17, 15) is 19.7 Å². The third-order valence-corrected chi connectivity index (χ3v) is 4.39. The van der Waals surface area contributed by atoms with Crippen LogP contribution in [0.25, 0.3) is 0 Å². The number of benzene rings is 2. The third-order valence-electron chi connectivity index (χ3n) is 3.86. The van der Waals surface area contributed by atoms with Crippen molar-refractivity contribution in [1.29, 1.82) is 0 Å². The topological polar surface area (TPSA) is 146 Å². The first kappa shape index (κ1) is 21.6. The molecular formula is C19H14BrN5O6. The number of aromatic nitrogens is 2. The molecule has 0 radical (unpaired) electrons. The predicted molar refractivity (Wildman–Crippen MR) is 112 cm³/mol. The molecule has 0 atom stereocenters. The van der Waals surface area contributed by atoms with E-state index < -0.39 is 22.5 Å². The van der Waals surface area contributed by atoms with Gasteiger partial charge in [0.15, 0.2) is 0 Å². The molecule has 3 aromatic rings. The summed E-state index contributed by atoms with van der Waals surface area (Å²) < 4.78 is 10.9. The lowest BCUT2D eigenvalue weighted by molar-refractivity contribution is -0.385. The molecule has 158 valence electrons. The minimum atomic E-state index is -0.744. The fourth-order valence-electron chi connectivity index (χ4n) is 2.37. The van der Waals surface area contributed by atoms with Crippen molar-refractivity contribution in [3.8, 4) is 11.6 Å². The summed E-state index contributed by atoms with van der Waals surface area (Å²) in [6.45, 7) is 0. The minimum Gasteiger partial charge on any atom is -0.465 e. The number of hydrogen-bond acceptors (Lipinski definition) is 9. The third kappa shape index (κ3) is 5.30. The number of hydrogen-bond donors (Lipinski definition) is 2. The molecule has 0 spiro atoms. The van der Waals surface area contributed by atoms with E-state index in [-0.39, 0.29) is 23.0 Å². The molecular weight excluding hydrogens is 474 g/mol. The van der Waals surface area contributed by atoms with Gasteiger partial charge in [-0.3, -0.25) is 25.8 Å². The number of esters is 1. The Balaban J connectivity index is 1.79. The summed E-state index contributed by atoms with van der Waals surface area (Å²) in [7, 11) is 1.25. The fraction of sp³-hybridized carbons (Fsp3) is 0.0526. The summed E-state index contributed by atoms with van der Waals surface area (Å²) in [5.41, 5.74) is 4.79. The maximum absolute atomic E-state index is 12.2. The quantitative estimate of drug-likeness (QED) is 0.290. The molecule has 0 fully saturated rings. The number of methoxy groups -OCH3 is 1. The SMILES string of the molecule is COC(=O)c1ccc(Oc2ncnc(NNC(=O)c3ccc(Br)cc3)c2[N+](=O)[O-])cc1. The van der Waals surface area contributed by atoms with E-state index in [1.165, 1.54) is 31.4 Å². The molecule has 2 aromatic carbocycles. The highest BCUT2D eigenvalue weighted by Crippen LogP contribution is 2.33. The molecule has 1 amide bonds. The Kier molecular flexibility index (Phi) is 6.72. The number of halogens is 1. The predicted octanol–water partition coefficient (Wildman–Crippen LogP) is 3.48. The fourth-order valence-corrected chi connectivity index (χ4v) is 2.64. The summed E-state index contributed by atoms with van der Waals surface area (Å²) >= 11 is 3.27. The number of amides is 1. The summed E-state index contributed by atoms with van der Waals surface area (Å²) in [6, 6.07) is 12.2. The van der Waals surface area contributed by atoms with Gasteiger partial charge in [0, 0.05) is 10.0 Å². The van der Waals surface area contributed by atoms with Crippen LogP contribution in [-0.2, 0) is 4.74 Å². The average molecular weight is 488 g/mol. The van der Waals surface area contributed by atoms with Crippen LogP contribution in [0, 0.1) is 10.1 Å². The highest BCUT2D eigenvalue weighted by Gasteiger charge is 2.25. The van der Waals surface area contributed by atoms with Gasteiger partial charge in [0.2, 0.25) is 5.82 Å². The van der Waals surface area contributed by atoms with Crippen LogP contribution in [-0.4, -0.2) is 33.9 Å². The summed E-state index contributed by atoms with van der Waals surface area (Å²) in [5, 5.41) is 11.6. The van der Waals surface area contributed by atoms with Crippen LogP contribution < -0.4 is 15.6 Å². The minimum absolute atomic E-state index is 0.194. The molecule has 0 saturated carbocycles. The van der Waals surface area contributed by atoms with Crippen molar-refractivity contribution >= 4 is 39.3 Å². The van der Waals surface area contributed by atoms with E-state index in [1.807, 2.05) is 0 Å². The van der Waals surface area contributed by atoms with Crippen molar-refractivity contribution in [2.75, 3.05) is 12.5 Å². The second kappa shape index (κ2) is 9.63. The van der Waals surface area contributed by atoms with Crippen molar-refractivity contribution in [3.63, 3.8) is 0 Å². The Morgan fingerprint density at radius 3 is 2.29 bits per heavy atom. The molecule has 0 bridgehead atoms. The molecule has 31 heavy (non-hydrogen) atoms. The van der Waals surface area contributed by atoms with Crippen molar-refractivity contribution < 1.29 is 24.0 Å². The maximum atomic E-state index is 12.2. The molecule has 11 nitrogen and oxygen atoms in total. The molecule has 0 aliphatic rings. The molecule has 0 saturated heterocycles. The van der Waals surface area contributed by atoms with Crippen LogP contribution in [0.2, 0.25) is 0 Å². The number of carbonyl (C=O) groups is 2. The van der Waals surface area contributed by atoms with Gasteiger partial charge in [-0.2, -0.15) is 4.98 Å². The Bertz CT molecular complexity index is 1120. The van der Waals surface area contributed by atoms with Gasteiger partial charge in [-0.05, 0) is 48.5 Å². The first-order valence-electron chi connectivity index (χ1n) is 8.56. The van der Waals surface area contributed by atoms with E-state index in [1.54, 1.807) is 24.3 Å². The van der Waals surface area contributed by atoms with E-state index in [4.69, 9.17) is 4.74 Å². The lowest BCUT2D eigenvalue weighted by Gasteiger charge is -2.10. The van der Waals surface area contributed by atoms with Gasteiger partial charge >= 0.3 is 17.5 Å². The highest BCUT2D eigenvalue weighted by molar-refractivity contribution is 9.10. The van der Waals surface area contributed by atoms with Gasteiger partial charge in [-0.1, -0.05) is 15.9 Å². The Morgan fingerprint density at radius 2 is 1.68 bits per heavy atom. The van der Waals surface area contributed by atoms with E-state index in [0.717, 1.165) is 10.8 Å². The number of hydrazine groups is 1. The van der Waals surface area contributed by atoms with Crippen molar-refractivity contribution in [2.24, 2.45) is 0 Å². The largest absolute Gasteiger partial charge is 0.465 e. The molecule has 0 aliphatic heterocycles. The first-order chi connectivity index (χ1) is 14.9. The first-order valence-corrected chi connectivity index (χ1v) is 9.36. The zero-order valence-corrected chi connectivity index (χ0v) is 17.5. The Labute approximate surface area is 183 Å². The second-order valence-electron chi connectivity index (χ2n) is 5.84. The zero-order valence-electron chi connectivity index (χ0n) is 15.9.